The predicted molar refractivity (Wildman–Crippen MR) is 110 cm³/mol. The van der Waals surface area contributed by atoms with Gasteiger partial charge in [-0.3, -0.25) is 5.43 Å². The minimum Gasteiger partial charge on any atom is -0.494 e. The number of nitriles is 1. The van der Waals surface area contributed by atoms with Crippen LogP contribution >= 0.6 is 11.3 Å². The Hall–Kier alpha value is -3.17. The third-order valence-corrected chi connectivity index (χ3v) is 4.93. The van der Waals surface area contributed by atoms with Gasteiger partial charge >= 0.3 is 0 Å². The minimum atomic E-state index is 0.260. The molecule has 3 rings (SSSR count). The molecule has 27 heavy (non-hydrogen) atoms. The molecule has 0 spiro atoms. The average Bonchev–Trinajstić information content (AvgIpc) is 3.16. The summed E-state index contributed by atoms with van der Waals surface area (Å²) in [6, 6.07) is 15.8. The van der Waals surface area contributed by atoms with Crippen LogP contribution in [0.5, 0.6) is 5.75 Å². The molecule has 0 fully saturated rings. The number of hydrogen-bond acceptors (Lipinski definition) is 6. The van der Waals surface area contributed by atoms with Crippen LogP contribution in [0.1, 0.15) is 23.1 Å². The lowest BCUT2D eigenvalue weighted by Crippen LogP contribution is -2.01. The Labute approximate surface area is 163 Å². The van der Waals surface area contributed by atoms with Crippen LogP contribution in [0.3, 0.4) is 0 Å². The van der Waals surface area contributed by atoms with Gasteiger partial charge in [0.15, 0.2) is 10.7 Å². The van der Waals surface area contributed by atoms with Gasteiger partial charge in [0.25, 0.3) is 0 Å². The van der Waals surface area contributed by atoms with Gasteiger partial charge < -0.3 is 4.74 Å². The zero-order valence-electron chi connectivity index (χ0n) is 15.5. The predicted octanol–water partition coefficient (Wildman–Crippen LogP) is 5.17. The fraction of sp³-hybridized carbons (Fsp3) is 0.190. The van der Waals surface area contributed by atoms with Crippen molar-refractivity contribution in [3.8, 4) is 23.1 Å². The Kier molecular flexibility index (Phi) is 5.84. The first-order valence-corrected chi connectivity index (χ1v) is 9.49. The molecular weight excluding hydrogens is 356 g/mol. The maximum absolute atomic E-state index is 9.46. The van der Waals surface area contributed by atoms with Gasteiger partial charge in [-0.15, -0.1) is 11.3 Å². The third kappa shape index (κ3) is 4.52. The van der Waals surface area contributed by atoms with E-state index in [9.17, 15) is 5.26 Å². The number of aryl methyl sites for hydroxylation is 2. The number of rotatable bonds is 6. The molecule has 0 aliphatic rings. The second-order valence-corrected chi connectivity index (χ2v) is 6.84. The Morgan fingerprint density at radius 2 is 1.96 bits per heavy atom. The summed E-state index contributed by atoms with van der Waals surface area (Å²) in [5.74, 6) is 0.827. The smallest absolute Gasteiger partial charge is 0.196 e. The number of hydrazone groups is 1. The van der Waals surface area contributed by atoms with Crippen LogP contribution in [0, 0.1) is 25.2 Å². The summed E-state index contributed by atoms with van der Waals surface area (Å²) in [4.78, 5) is 4.56. The van der Waals surface area contributed by atoms with Crippen molar-refractivity contribution >= 4 is 22.7 Å². The Morgan fingerprint density at radius 3 is 2.63 bits per heavy atom. The maximum Gasteiger partial charge on any atom is 0.196 e. The van der Waals surface area contributed by atoms with E-state index < -0.39 is 0 Å². The van der Waals surface area contributed by atoms with E-state index in [0.717, 1.165) is 22.7 Å². The van der Waals surface area contributed by atoms with Crippen molar-refractivity contribution in [3.63, 3.8) is 0 Å². The number of anilines is 1. The number of ether oxygens (including phenoxy) is 1. The molecule has 0 bridgehead atoms. The first-order valence-electron chi connectivity index (χ1n) is 8.61. The lowest BCUT2D eigenvalue weighted by molar-refractivity contribution is 0.340. The molecule has 0 atom stereocenters. The van der Waals surface area contributed by atoms with E-state index in [1.165, 1.54) is 22.5 Å². The van der Waals surface area contributed by atoms with E-state index in [-0.39, 0.29) is 5.71 Å². The van der Waals surface area contributed by atoms with Gasteiger partial charge in [-0.05, 0) is 68.3 Å². The van der Waals surface area contributed by atoms with E-state index in [4.69, 9.17) is 4.74 Å². The molecule has 0 radical (unpaired) electrons. The van der Waals surface area contributed by atoms with Crippen molar-refractivity contribution in [3.05, 3.63) is 64.0 Å². The van der Waals surface area contributed by atoms with E-state index in [1.807, 2.05) is 61.7 Å². The van der Waals surface area contributed by atoms with Crippen molar-refractivity contribution < 1.29 is 4.74 Å². The third-order valence-electron chi connectivity index (χ3n) is 4.08. The molecule has 1 N–H and O–H groups in total. The lowest BCUT2D eigenvalue weighted by Gasteiger charge is -2.04. The quantitative estimate of drug-likeness (QED) is 0.476. The summed E-state index contributed by atoms with van der Waals surface area (Å²) < 4.78 is 5.46. The number of hydrogen-bond donors (Lipinski definition) is 1. The van der Waals surface area contributed by atoms with Gasteiger partial charge in [0.2, 0.25) is 0 Å². The molecule has 1 aromatic heterocycles. The SMILES string of the molecule is CCOc1ccc(-c2csc(/C(C#N)=N/Nc3ccc(C)c(C)c3)n2)cc1. The lowest BCUT2D eigenvalue weighted by atomic mass is 10.1. The summed E-state index contributed by atoms with van der Waals surface area (Å²) in [6.45, 7) is 6.69. The highest BCUT2D eigenvalue weighted by Gasteiger charge is 2.11. The number of nitrogens with zero attached hydrogens (tertiary/aromatic N) is 3. The molecule has 0 amide bonds. The highest BCUT2D eigenvalue weighted by atomic mass is 32.1. The van der Waals surface area contributed by atoms with E-state index in [1.54, 1.807) is 0 Å². The second kappa shape index (κ2) is 8.47. The molecule has 5 nitrogen and oxygen atoms in total. The van der Waals surface area contributed by atoms with Crippen LogP contribution in [0.15, 0.2) is 52.9 Å². The number of aromatic nitrogens is 1. The summed E-state index contributed by atoms with van der Waals surface area (Å²) in [7, 11) is 0. The molecule has 3 aromatic rings. The molecule has 0 unspecified atom stereocenters. The van der Waals surface area contributed by atoms with Crippen molar-refractivity contribution in [1.82, 2.24) is 4.98 Å². The van der Waals surface area contributed by atoms with Crippen molar-refractivity contribution in [2.45, 2.75) is 20.8 Å². The zero-order valence-corrected chi connectivity index (χ0v) is 16.3. The highest BCUT2D eigenvalue weighted by Crippen LogP contribution is 2.25. The molecule has 2 aromatic carbocycles. The topological polar surface area (TPSA) is 70.3 Å². The number of benzene rings is 2. The normalized spacial score (nSPS) is 11.1. The second-order valence-electron chi connectivity index (χ2n) is 5.98. The standard InChI is InChI=1S/C21H20N4OS/c1-4-26-18-9-6-16(7-10-18)20-13-27-21(23-20)19(12-22)25-24-17-8-5-14(2)15(3)11-17/h5-11,13,24H,4H2,1-3H3/b25-19+. The fourth-order valence-electron chi connectivity index (χ4n) is 2.46. The van der Waals surface area contributed by atoms with E-state index in [0.29, 0.717) is 11.6 Å². The number of nitrogens with one attached hydrogen (secondary N) is 1. The van der Waals surface area contributed by atoms with Gasteiger partial charge in [-0.25, -0.2) is 4.98 Å². The summed E-state index contributed by atoms with van der Waals surface area (Å²) >= 11 is 1.40. The van der Waals surface area contributed by atoms with Crippen molar-refractivity contribution in [1.29, 1.82) is 5.26 Å². The van der Waals surface area contributed by atoms with Gasteiger partial charge in [-0.1, -0.05) is 6.07 Å². The van der Waals surface area contributed by atoms with Gasteiger partial charge in [-0.2, -0.15) is 10.4 Å². The molecule has 0 aliphatic heterocycles. The van der Waals surface area contributed by atoms with E-state index >= 15 is 0 Å². The Balaban J connectivity index is 1.78. The van der Waals surface area contributed by atoms with Crippen LogP contribution in [0.2, 0.25) is 0 Å². The van der Waals surface area contributed by atoms with Crippen molar-refractivity contribution in [2.75, 3.05) is 12.0 Å². The van der Waals surface area contributed by atoms with Gasteiger partial charge in [0.05, 0.1) is 18.0 Å². The molecular formula is C21H20N4OS. The molecule has 0 saturated carbocycles. The van der Waals surface area contributed by atoms with Crippen LogP contribution in [-0.4, -0.2) is 17.3 Å². The largest absolute Gasteiger partial charge is 0.494 e. The van der Waals surface area contributed by atoms with Crippen LogP contribution in [-0.2, 0) is 0 Å². The summed E-state index contributed by atoms with van der Waals surface area (Å²) in [6.07, 6.45) is 0. The van der Waals surface area contributed by atoms with Crippen LogP contribution in [0.4, 0.5) is 5.69 Å². The monoisotopic (exact) mass is 376 g/mol. The van der Waals surface area contributed by atoms with E-state index in [2.05, 4.69) is 28.5 Å². The average molecular weight is 376 g/mol. The van der Waals surface area contributed by atoms with Crippen LogP contribution < -0.4 is 10.2 Å². The first-order chi connectivity index (χ1) is 13.1. The maximum atomic E-state index is 9.46. The first kappa shape index (κ1) is 18.6. The molecule has 1 heterocycles. The van der Waals surface area contributed by atoms with Crippen molar-refractivity contribution in [2.24, 2.45) is 5.10 Å². The molecule has 6 heteroatoms. The molecule has 0 saturated heterocycles. The summed E-state index contributed by atoms with van der Waals surface area (Å²) in [5.41, 5.74) is 8.21. The Bertz CT molecular complexity index is 1000. The Morgan fingerprint density at radius 1 is 1.19 bits per heavy atom. The molecule has 0 aliphatic carbocycles. The van der Waals surface area contributed by atoms with Gasteiger partial charge in [0.1, 0.15) is 11.8 Å². The summed E-state index contributed by atoms with van der Waals surface area (Å²) in [5, 5.41) is 16.2. The highest BCUT2D eigenvalue weighted by molar-refractivity contribution is 7.12. The van der Waals surface area contributed by atoms with Gasteiger partial charge in [0, 0.05) is 10.9 Å². The minimum absolute atomic E-state index is 0.260. The zero-order chi connectivity index (χ0) is 19.2. The fourth-order valence-corrected chi connectivity index (χ4v) is 3.22. The number of thiazole rings is 1. The van der Waals surface area contributed by atoms with Crippen LogP contribution in [0.25, 0.3) is 11.3 Å². The molecule has 136 valence electrons.